The minimum atomic E-state index is -0.266. The van der Waals surface area contributed by atoms with Gasteiger partial charge in [0, 0.05) is 25.8 Å². The summed E-state index contributed by atoms with van der Waals surface area (Å²) in [6.07, 6.45) is 0.761. The summed E-state index contributed by atoms with van der Waals surface area (Å²) in [7, 11) is 3.22. The number of aromatic nitrogens is 2. The summed E-state index contributed by atoms with van der Waals surface area (Å²) in [5.41, 5.74) is 1.35. The van der Waals surface area contributed by atoms with Crippen LogP contribution in [0.5, 0.6) is 0 Å². The molecule has 1 aromatic carbocycles. The maximum Gasteiger partial charge on any atom is 0.271 e. The molecule has 0 aliphatic carbocycles. The van der Waals surface area contributed by atoms with Crippen molar-refractivity contribution in [3.05, 3.63) is 52.7 Å². The molecule has 0 fully saturated rings. The second-order valence-electron chi connectivity index (χ2n) is 4.91. The zero-order valence-electron chi connectivity index (χ0n) is 13.0. The number of nitrogens with zero attached hydrogens (tertiary/aromatic N) is 2. The van der Waals surface area contributed by atoms with E-state index in [-0.39, 0.29) is 17.6 Å². The molecule has 1 aromatic heterocycles. The highest BCUT2D eigenvalue weighted by molar-refractivity contribution is 6.30. The summed E-state index contributed by atoms with van der Waals surface area (Å²) in [6.45, 7) is 0.601. The van der Waals surface area contributed by atoms with Crippen molar-refractivity contribution in [3.63, 3.8) is 0 Å². The van der Waals surface area contributed by atoms with Gasteiger partial charge in [-0.25, -0.2) is 0 Å². The first kappa shape index (κ1) is 17.2. The van der Waals surface area contributed by atoms with E-state index in [2.05, 4.69) is 20.8 Å². The van der Waals surface area contributed by atoms with Crippen LogP contribution >= 0.6 is 11.6 Å². The fraction of sp³-hybridized carbons (Fsp3) is 0.312. The van der Waals surface area contributed by atoms with E-state index < -0.39 is 0 Å². The molecule has 6 nitrogen and oxygen atoms in total. The smallest absolute Gasteiger partial charge is 0.271 e. The Morgan fingerprint density at radius 2 is 1.96 bits per heavy atom. The fourth-order valence-corrected chi connectivity index (χ4v) is 2.22. The third kappa shape index (κ3) is 4.91. The number of halogens is 1. The van der Waals surface area contributed by atoms with E-state index in [4.69, 9.17) is 16.3 Å². The number of nitrogens with one attached hydrogen (secondary N) is 2. The van der Waals surface area contributed by atoms with E-state index in [9.17, 15) is 4.79 Å². The van der Waals surface area contributed by atoms with Gasteiger partial charge in [-0.3, -0.25) is 4.79 Å². The molecule has 0 aliphatic rings. The molecule has 2 N–H and O–H groups in total. The third-order valence-corrected chi connectivity index (χ3v) is 3.58. The van der Waals surface area contributed by atoms with Crippen LogP contribution in [0.15, 0.2) is 36.4 Å². The molecular weight excluding hydrogens is 316 g/mol. The first-order chi connectivity index (χ1) is 11.1. The number of anilines is 1. The van der Waals surface area contributed by atoms with E-state index in [0.717, 1.165) is 12.0 Å². The molecule has 1 unspecified atom stereocenters. The Balaban J connectivity index is 2.13. The standard InChI is InChI=1S/C16H19ClN4O2/c1-18-16(22)14-7-8-15(21-20-14)19-13(9-10-23-2)11-3-5-12(17)6-4-11/h3-8,13H,9-10H2,1-2H3,(H,18,22)(H,19,21). The van der Waals surface area contributed by atoms with Crippen molar-refractivity contribution >= 4 is 23.3 Å². The number of methoxy groups -OCH3 is 1. The summed E-state index contributed by atoms with van der Waals surface area (Å²) in [5, 5.41) is 14.5. The lowest BCUT2D eigenvalue weighted by Gasteiger charge is -2.19. The van der Waals surface area contributed by atoms with Crippen molar-refractivity contribution in [2.45, 2.75) is 12.5 Å². The van der Waals surface area contributed by atoms with Gasteiger partial charge in [-0.1, -0.05) is 23.7 Å². The second kappa shape index (κ2) is 8.45. The normalized spacial score (nSPS) is 11.8. The Kier molecular flexibility index (Phi) is 6.31. The Hall–Kier alpha value is -2.18. The van der Waals surface area contributed by atoms with Crippen molar-refractivity contribution in [1.82, 2.24) is 15.5 Å². The molecule has 0 saturated carbocycles. The van der Waals surface area contributed by atoms with Crippen LogP contribution in [0.2, 0.25) is 5.02 Å². The first-order valence-corrected chi connectivity index (χ1v) is 7.58. The van der Waals surface area contributed by atoms with Crippen LogP contribution in [0.1, 0.15) is 28.5 Å². The molecule has 7 heteroatoms. The monoisotopic (exact) mass is 334 g/mol. The van der Waals surface area contributed by atoms with E-state index in [1.165, 1.54) is 0 Å². The molecule has 0 spiro atoms. The number of hydrogen-bond acceptors (Lipinski definition) is 5. The SMILES string of the molecule is CNC(=O)c1ccc(NC(CCOC)c2ccc(Cl)cc2)nn1. The number of hydrogen-bond donors (Lipinski definition) is 2. The zero-order chi connectivity index (χ0) is 16.7. The molecule has 2 aromatic rings. The Morgan fingerprint density at radius 1 is 1.22 bits per heavy atom. The van der Waals surface area contributed by atoms with Crippen LogP contribution in [0.3, 0.4) is 0 Å². The molecule has 23 heavy (non-hydrogen) atoms. The zero-order valence-corrected chi connectivity index (χ0v) is 13.8. The number of rotatable bonds is 7. The number of amides is 1. The Labute approximate surface area is 140 Å². The van der Waals surface area contributed by atoms with Crippen molar-refractivity contribution in [2.75, 3.05) is 26.1 Å². The molecule has 122 valence electrons. The lowest BCUT2D eigenvalue weighted by molar-refractivity contribution is 0.0957. The molecule has 1 amide bonds. The molecular formula is C16H19ClN4O2. The summed E-state index contributed by atoms with van der Waals surface area (Å²) >= 11 is 5.94. The van der Waals surface area contributed by atoms with Gasteiger partial charge in [-0.2, -0.15) is 0 Å². The topological polar surface area (TPSA) is 76.1 Å². The lowest BCUT2D eigenvalue weighted by atomic mass is 10.0. The van der Waals surface area contributed by atoms with Gasteiger partial charge in [-0.15, -0.1) is 10.2 Å². The summed E-state index contributed by atoms with van der Waals surface area (Å²) in [6, 6.07) is 11.0. The lowest BCUT2D eigenvalue weighted by Crippen LogP contribution is -2.20. The molecule has 1 atom stereocenters. The van der Waals surface area contributed by atoms with Crippen LogP contribution < -0.4 is 10.6 Å². The van der Waals surface area contributed by atoms with Crippen LogP contribution in [0.25, 0.3) is 0 Å². The quantitative estimate of drug-likeness (QED) is 0.814. The largest absolute Gasteiger partial charge is 0.385 e. The summed E-state index contributed by atoms with van der Waals surface area (Å²) in [4.78, 5) is 11.5. The Bertz CT molecular complexity index is 632. The number of benzene rings is 1. The molecule has 0 bridgehead atoms. The number of carbonyl (C=O) groups is 1. The van der Waals surface area contributed by atoms with Gasteiger partial charge in [0.15, 0.2) is 5.69 Å². The molecule has 0 aliphatic heterocycles. The molecule has 1 heterocycles. The highest BCUT2D eigenvalue weighted by Gasteiger charge is 2.13. The minimum absolute atomic E-state index is 0.00682. The van der Waals surface area contributed by atoms with Gasteiger partial charge < -0.3 is 15.4 Å². The van der Waals surface area contributed by atoms with Gasteiger partial charge in [0.2, 0.25) is 0 Å². The third-order valence-electron chi connectivity index (χ3n) is 3.33. The Morgan fingerprint density at radius 3 is 2.52 bits per heavy atom. The van der Waals surface area contributed by atoms with Gasteiger partial charge >= 0.3 is 0 Å². The van der Waals surface area contributed by atoms with E-state index in [1.54, 1.807) is 26.3 Å². The summed E-state index contributed by atoms with van der Waals surface area (Å²) < 4.78 is 5.17. The molecule has 2 rings (SSSR count). The van der Waals surface area contributed by atoms with E-state index in [0.29, 0.717) is 17.4 Å². The van der Waals surface area contributed by atoms with Crippen molar-refractivity contribution < 1.29 is 9.53 Å². The van der Waals surface area contributed by atoms with Gasteiger partial charge in [0.05, 0.1) is 6.04 Å². The highest BCUT2D eigenvalue weighted by atomic mass is 35.5. The van der Waals surface area contributed by atoms with Crippen molar-refractivity contribution in [2.24, 2.45) is 0 Å². The van der Waals surface area contributed by atoms with Crippen LogP contribution in [0, 0.1) is 0 Å². The first-order valence-electron chi connectivity index (χ1n) is 7.20. The van der Waals surface area contributed by atoms with Crippen molar-refractivity contribution in [1.29, 1.82) is 0 Å². The predicted octanol–water partition coefficient (Wildman–Crippen LogP) is 2.68. The van der Waals surface area contributed by atoms with E-state index in [1.807, 2.05) is 24.3 Å². The second-order valence-corrected chi connectivity index (χ2v) is 5.35. The van der Waals surface area contributed by atoms with Gasteiger partial charge in [-0.05, 0) is 36.2 Å². The predicted molar refractivity (Wildman–Crippen MR) is 89.7 cm³/mol. The maximum atomic E-state index is 11.5. The summed E-state index contributed by atoms with van der Waals surface area (Å²) in [5.74, 6) is 0.325. The minimum Gasteiger partial charge on any atom is -0.385 e. The van der Waals surface area contributed by atoms with Crippen molar-refractivity contribution in [3.8, 4) is 0 Å². The maximum absolute atomic E-state index is 11.5. The fourth-order valence-electron chi connectivity index (χ4n) is 2.09. The highest BCUT2D eigenvalue weighted by Crippen LogP contribution is 2.23. The van der Waals surface area contributed by atoms with E-state index >= 15 is 0 Å². The van der Waals surface area contributed by atoms with Crippen LogP contribution in [-0.4, -0.2) is 36.9 Å². The average molecular weight is 335 g/mol. The average Bonchev–Trinajstić information content (AvgIpc) is 2.59. The number of carbonyl (C=O) groups excluding carboxylic acids is 1. The molecule has 0 saturated heterocycles. The number of ether oxygens (including phenoxy) is 1. The van der Waals surface area contributed by atoms with Gasteiger partial charge in [0.25, 0.3) is 5.91 Å². The van der Waals surface area contributed by atoms with Crippen LogP contribution in [0.4, 0.5) is 5.82 Å². The van der Waals surface area contributed by atoms with Crippen LogP contribution in [-0.2, 0) is 4.74 Å². The molecule has 0 radical (unpaired) electrons. The van der Waals surface area contributed by atoms with Gasteiger partial charge in [0.1, 0.15) is 5.82 Å².